The summed E-state index contributed by atoms with van der Waals surface area (Å²) in [5.74, 6) is 11.7. The summed E-state index contributed by atoms with van der Waals surface area (Å²) in [7, 11) is 1.49. The predicted molar refractivity (Wildman–Crippen MR) is 129 cm³/mol. The number of hydrogen-bond donors (Lipinski definition) is 4. The van der Waals surface area contributed by atoms with Crippen LogP contribution < -0.4 is 32.7 Å². The Morgan fingerprint density at radius 2 is 1.97 bits per heavy atom. The third-order valence-electron chi connectivity index (χ3n) is 4.61. The van der Waals surface area contributed by atoms with Gasteiger partial charge in [-0.05, 0) is 42.3 Å². The first-order valence-corrected chi connectivity index (χ1v) is 10.3. The number of ether oxygens (including phenoxy) is 1. The molecule has 0 bridgehead atoms. The third kappa shape index (κ3) is 6.32. The molecule has 10 heteroatoms. The van der Waals surface area contributed by atoms with Gasteiger partial charge in [0.15, 0.2) is 5.82 Å². The Balaban J connectivity index is 0.00000187. The average molecular weight is 449 g/mol. The number of nitriles is 1. The fraction of sp³-hybridized carbons (Fsp3) is 0.217. The maximum Gasteiger partial charge on any atom is 0.298 e. The molecule has 0 radical (unpaired) electrons. The molecule has 0 aliphatic rings. The average Bonchev–Trinajstić information content (AvgIpc) is 2.87. The summed E-state index contributed by atoms with van der Waals surface area (Å²) in [6.45, 7) is 4.00. The molecule has 2 aromatic carbocycles. The number of aryl methyl sites for hydroxylation is 1. The van der Waals surface area contributed by atoms with E-state index in [4.69, 9.17) is 16.4 Å². The highest BCUT2D eigenvalue weighted by Gasteiger charge is 2.09. The number of aromatic nitrogens is 2. The van der Waals surface area contributed by atoms with E-state index >= 15 is 0 Å². The van der Waals surface area contributed by atoms with E-state index in [1.54, 1.807) is 24.4 Å². The fourth-order valence-corrected chi connectivity index (χ4v) is 2.97. The molecular formula is C23H28N8O2. The SMILES string of the molecule is CC.COc1ccc(Nc2nccn(-c3ccc(CC/C(=N/N)NN)cc3)c2=O)cc1C#N. The second-order valence-electron chi connectivity index (χ2n) is 6.49. The molecule has 10 nitrogen and oxygen atoms in total. The zero-order valence-electron chi connectivity index (χ0n) is 18.9. The van der Waals surface area contributed by atoms with Crippen LogP contribution in [0.5, 0.6) is 5.75 Å². The summed E-state index contributed by atoms with van der Waals surface area (Å²) >= 11 is 0. The molecule has 0 aliphatic heterocycles. The fourth-order valence-electron chi connectivity index (χ4n) is 2.97. The molecule has 0 saturated heterocycles. The van der Waals surface area contributed by atoms with Crippen LogP contribution in [-0.2, 0) is 6.42 Å². The molecule has 3 aromatic rings. The molecule has 0 spiro atoms. The third-order valence-corrected chi connectivity index (χ3v) is 4.61. The highest BCUT2D eigenvalue weighted by atomic mass is 16.5. The van der Waals surface area contributed by atoms with E-state index in [0.29, 0.717) is 41.4 Å². The number of benzene rings is 2. The van der Waals surface area contributed by atoms with Crippen LogP contribution in [-0.4, -0.2) is 22.5 Å². The Hall–Kier alpha value is -4.36. The van der Waals surface area contributed by atoms with E-state index in [0.717, 1.165) is 5.56 Å². The second kappa shape index (κ2) is 12.5. The topological polar surface area (TPSA) is 156 Å². The molecular weight excluding hydrogens is 420 g/mol. The van der Waals surface area contributed by atoms with Gasteiger partial charge in [0, 0.05) is 30.2 Å². The predicted octanol–water partition coefficient (Wildman–Crippen LogP) is 2.55. The molecule has 0 unspecified atom stereocenters. The molecule has 0 aliphatic carbocycles. The van der Waals surface area contributed by atoms with Gasteiger partial charge in [0.05, 0.1) is 12.7 Å². The maximum absolute atomic E-state index is 12.9. The number of hydrazine groups is 1. The van der Waals surface area contributed by atoms with Crippen molar-refractivity contribution in [2.24, 2.45) is 16.8 Å². The lowest BCUT2D eigenvalue weighted by Gasteiger charge is -2.11. The molecule has 0 atom stereocenters. The summed E-state index contributed by atoms with van der Waals surface area (Å²) in [6, 6.07) is 14.6. The van der Waals surface area contributed by atoms with Gasteiger partial charge in [-0.25, -0.2) is 10.8 Å². The molecule has 1 heterocycles. The van der Waals surface area contributed by atoms with E-state index in [1.807, 2.05) is 38.1 Å². The Morgan fingerprint density at radius 3 is 2.58 bits per heavy atom. The van der Waals surface area contributed by atoms with Gasteiger partial charge in [0.2, 0.25) is 0 Å². The zero-order chi connectivity index (χ0) is 24.2. The number of anilines is 2. The number of nitrogens with one attached hydrogen (secondary N) is 2. The molecule has 172 valence electrons. The van der Waals surface area contributed by atoms with Crippen LogP contribution in [0.15, 0.2) is 64.8 Å². The van der Waals surface area contributed by atoms with Crippen LogP contribution in [0.1, 0.15) is 31.4 Å². The summed E-state index contributed by atoms with van der Waals surface area (Å²) in [6.07, 6.45) is 4.39. The molecule has 0 fully saturated rings. The monoisotopic (exact) mass is 448 g/mol. The van der Waals surface area contributed by atoms with E-state index in [2.05, 4.69) is 26.9 Å². The number of nitrogens with zero attached hydrogens (tertiary/aromatic N) is 4. The molecule has 1 aromatic heterocycles. The standard InChI is InChI=1S/C21H22N8O2.C2H6/c1-31-18-8-5-16(12-15(18)13-22)26-20-21(30)29(11-10-25-20)17-6-2-14(3-7-17)4-9-19(27-23)28-24;1-2/h2-3,5-8,10-12H,4,9,23-24H2,1H3,(H,25,26)(H,27,28);1-2H3. The van der Waals surface area contributed by atoms with Gasteiger partial charge < -0.3 is 21.3 Å². The van der Waals surface area contributed by atoms with Crippen molar-refractivity contribution in [3.05, 3.63) is 76.3 Å². The lowest BCUT2D eigenvalue weighted by Crippen LogP contribution is -2.31. The lowest BCUT2D eigenvalue weighted by atomic mass is 10.1. The Kier molecular flexibility index (Phi) is 9.42. The summed E-state index contributed by atoms with van der Waals surface area (Å²) in [5, 5.41) is 15.8. The Morgan fingerprint density at radius 1 is 1.24 bits per heavy atom. The van der Waals surface area contributed by atoms with Crippen LogP contribution in [0.2, 0.25) is 0 Å². The van der Waals surface area contributed by atoms with Crippen molar-refractivity contribution in [3.63, 3.8) is 0 Å². The highest BCUT2D eigenvalue weighted by molar-refractivity contribution is 5.81. The molecule has 3 rings (SSSR count). The smallest absolute Gasteiger partial charge is 0.298 e. The van der Waals surface area contributed by atoms with Crippen LogP contribution in [0, 0.1) is 11.3 Å². The van der Waals surface area contributed by atoms with Gasteiger partial charge in [0.1, 0.15) is 17.7 Å². The first kappa shape index (κ1) is 24.9. The summed E-state index contributed by atoms with van der Waals surface area (Å²) in [4.78, 5) is 17.1. The maximum atomic E-state index is 12.9. The van der Waals surface area contributed by atoms with Gasteiger partial charge in [0.25, 0.3) is 5.56 Å². The minimum atomic E-state index is -0.325. The first-order valence-electron chi connectivity index (χ1n) is 10.3. The lowest BCUT2D eigenvalue weighted by molar-refractivity contribution is 0.413. The number of hydrogen-bond acceptors (Lipinski definition) is 8. The molecule has 33 heavy (non-hydrogen) atoms. The number of hydrazone groups is 1. The zero-order valence-corrected chi connectivity index (χ0v) is 18.9. The normalized spacial score (nSPS) is 10.5. The second-order valence-corrected chi connectivity index (χ2v) is 6.49. The van der Waals surface area contributed by atoms with Crippen LogP contribution in [0.4, 0.5) is 11.5 Å². The van der Waals surface area contributed by atoms with Gasteiger partial charge in [-0.15, -0.1) is 0 Å². The summed E-state index contributed by atoms with van der Waals surface area (Å²) in [5.41, 5.74) is 4.77. The number of methoxy groups -OCH3 is 1. The number of nitrogens with two attached hydrogens (primary N) is 2. The van der Waals surface area contributed by atoms with Crippen molar-refractivity contribution < 1.29 is 4.74 Å². The van der Waals surface area contributed by atoms with Gasteiger partial charge in [-0.1, -0.05) is 26.0 Å². The quantitative estimate of drug-likeness (QED) is 0.186. The van der Waals surface area contributed by atoms with Gasteiger partial charge in [-0.2, -0.15) is 10.4 Å². The minimum absolute atomic E-state index is 0.137. The van der Waals surface area contributed by atoms with Crippen molar-refractivity contribution in [2.45, 2.75) is 26.7 Å². The largest absolute Gasteiger partial charge is 0.495 e. The van der Waals surface area contributed by atoms with Crippen molar-refractivity contribution >= 4 is 17.3 Å². The Bertz CT molecular complexity index is 1180. The Labute approximate surface area is 192 Å². The van der Waals surface area contributed by atoms with E-state index < -0.39 is 0 Å². The van der Waals surface area contributed by atoms with Gasteiger partial charge >= 0.3 is 0 Å². The van der Waals surface area contributed by atoms with E-state index in [9.17, 15) is 10.1 Å². The van der Waals surface area contributed by atoms with Crippen molar-refractivity contribution in [1.29, 1.82) is 5.26 Å². The van der Waals surface area contributed by atoms with Crippen molar-refractivity contribution in [1.82, 2.24) is 15.0 Å². The highest BCUT2D eigenvalue weighted by Crippen LogP contribution is 2.23. The minimum Gasteiger partial charge on any atom is -0.495 e. The number of rotatable bonds is 7. The molecule has 0 saturated carbocycles. The molecule has 6 N–H and O–H groups in total. The first-order chi connectivity index (χ1) is 16.1. The van der Waals surface area contributed by atoms with E-state index in [-0.39, 0.29) is 11.4 Å². The van der Waals surface area contributed by atoms with Gasteiger partial charge in [-0.3, -0.25) is 9.36 Å². The van der Waals surface area contributed by atoms with Crippen LogP contribution in [0.25, 0.3) is 5.69 Å². The van der Waals surface area contributed by atoms with Crippen molar-refractivity contribution in [2.75, 3.05) is 12.4 Å². The number of amidine groups is 1. The van der Waals surface area contributed by atoms with Crippen LogP contribution in [0.3, 0.4) is 0 Å². The molecule has 0 amide bonds. The van der Waals surface area contributed by atoms with Crippen LogP contribution >= 0.6 is 0 Å². The van der Waals surface area contributed by atoms with Crippen molar-refractivity contribution in [3.8, 4) is 17.5 Å². The van der Waals surface area contributed by atoms with E-state index in [1.165, 1.54) is 17.9 Å². The summed E-state index contributed by atoms with van der Waals surface area (Å²) < 4.78 is 6.63.